The maximum absolute atomic E-state index is 12.5. The predicted molar refractivity (Wildman–Crippen MR) is 93.1 cm³/mol. The minimum Gasteiger partial charge on any atom is -0.469 e. The Balaban J connectivity index is 1.88. The predicted octanol–water partition coefficient (Wildman–Crippen LogP) is 2.49. The van der Waals surface area contributed by atoms with Crippen molar-refractivity contribution in [1.82, 2.24) is 9.13 Å². The summed E-state index contributed by atoms with van der Waals surface area (Å²) in [6.07, 6.45) is 0.985. The third-order valence-electron chi connectivity index (χ3n) is 4.23. The quantitative estimate of drug-likeness (QED) is 0.678. The fourth-order valence-electron chi connectivity index (χ4n) is 2.93. The summed E-state index contributed by atoms with van der Waals surface area (Å²) in [4.78, 5) is 23.8. The van der Waals surface area contributed by atoms with Crippen LogP contribution < -0.4 is 5.69 Å². The van der Waals surface area contributed by atoms with Gasteiger partial charge in [-0.15, -0.1) is 0 Å². The molecule has 0 aliphatic carbocycles. The van der Waals surface area contributed by atoms with Crippen molar-refractivity contribution in [2.24, 2.45) is 7.05 Å². The first-order chi connectivity index (χ1) is 11.6. The van der Waals surface area contributed by atoms with E-state index in [0.717, 1.165) is 22.2 Å². The van der Waals surface area contributed by atoms with Crippen LogP contribution in [0.2, 0.25) is 0 Å². The second kappa shape index (κ2) is 6.74. The lowest BCUT2D eigenvalue weighted by molar-refractivity contribution is -0.140. The molecule has 3 aromatic rings. The zero-order valence-electron chi connectivity index (χ0n) is 13.9. The zero-order chi connectivity index (χ0) is 17.1. The SMILES string of the molecule is COC(=O)CCc1cccc(Cn2c(=O)n(C)c3ccccc32)c1. The van der Waals surface area contributed by atoms with Gasteiger partial charge in [0.25, 0.3) is 0 Å². The van der Waals surface area contributed by atoms with Crippen LogP contribution in [0.4, 0.5) is 0 Å². The standard InChI is InChI=1S/C19H20N2O3/c1-20-16-8-3-4-9-17(16)21(19(20)23)13-15-7-5-6-14(12-15)10-11-18(22)24-2/h3-9,12H,10-11,13H2,1-2H3. The number of nitrogens with zero attached hydrogens (tertiary/aromatic N) is 2. The van der Waals surface area contributed by atoms with Crippen LogP contribution in [0.1, 0.15) is 17.5 Å². The molecule has 2 aromatic carbocycles. The molecule has 0 amide bonds. The summed E-state index contributed by atoms with van der Waals surface area (Å²) >= 11 is 0. The highest BCUT2D eigenvalue weighted by atomic mass is 16.5. The van der Waals surface area contributed by atoms with Crippen molar-refractivity contribution in [2.75, 3.05) is 7.11 Å². The molecule has 0 aliphatic rings. The molecule has 0 N–H and O–H groups in total. The molecule has 0 aliphatic heterocycles. The largest absolute Gasteiger partial charge is 0.469 e. The summed E-state index contributed by atoms with van der Waals surface area (Å²) in [5.41, 5.74) is 3.91. The number of benzene rings is 2. The Morgan fingerprint density at radius 1 is 1.04 bits per heavy atom. The van der Waals surface area contributed by atoms with Gasteiger partial charge in [-0.2, -0.15) is 0 Å². The van der Waals surface area contributed by atoms with E-state index in [1.807, 2.05) is 48.5 Å². The number of carbonyl (C=O) groups is 1. The second-order valence-corrected chi connectivity index (χ2v) is 5.81. The minimum absolute atomic E-state index is 0.0313. The Morgan fingerprint density at radius 2 is 1.75 bits per heavy atom. The van der Waals surface area contributed by atoms with Gasteiger partial charge in [-0.25, -0.2) is 4.79 Å². The van der Waals surface area contributed by atoms with E-state index in [-0.39, 0.29) is 11.7 Å². The molecular weight excluding hydrogens is 304 g/mol. The van der Waals surface area contributed by atoms with Gasteiger partial charge < -0.3 is 4.74 Å². The smallest absolute Gasteiger partial charge is 0.329 e. The van der Waals surface area contributed by atoms with Crippen molar-refractivity contribution in [3.8, 4) is 0 Å². The topological polar surface area (TPSA) is 53.2 Å². The minimum atomic E-state index is -0.217. The van der Waals surface area contributed by atoms with Crippen molar-refractivity contribution in [1.29, 1.82) is 0 Å². The summed E-state index contributed by atoms with van der Waals surface area (Å²) in [5.74, 6) is -0.217. The van der Waals surface area contributed by atoms with Gasteiger partial charge in [-0.3, -0.25) is 13.9 Å². The van der Waals surface area contributed by atoms with Gasteiger partial charge in [0.2, 0.25) is 0 Å². The average molecular weight is 324 g/mol. The molecule has 0 radical (unpaired) electrons. The van der Waals surface area contributed by atoms with Crippen LogP contribution in [0.3, 0.4) is 0 Å². The highest BCUT2D eigenvalue weighted by molar-refractivity contribution is 5.76. The first-order valence-electron chi connectivity index (χ1n) is 7.89. The van der Waals surface area contributed by atoms with Crippen LogP contribution in [0.5, 0.6) is 0 Å². The van der Waals surface area contributed by atoms with Gasteiger partial charge in [0.05, 0.1) is 24.7 Å². The molecule has 5 nitrogen and oxygen atoms in total. The second-order valence-electron chi connectivity index (χ2n) is 5.81. The van der Waals surface area contributed by atoms with Crippen LogP contribution in [-0.2, 0) is 29.5 Å². The number of ether oxygens (including phenoxy) is 1. The molecule has 0 atom stereocenters. The molecule has 0 spiro atoms. The molecule has 0 bridgehead atoms. The third kappa shape index (κ3) is 3.11. The number of esters is 1. The number of fused-ring (bicyclic) bond motifs is 1. The number of hydrogen-bond acceptors (Lipinski definition) is 3. The van der Waals surface area contributed by atoms with Crippen molar-refractivity contribution in [2.45, 2.75) is 19.4 Å². The number of aromatic nitrogens is 2. The zero-order valence-corrected chi connectivity index (χ0v) is 13.9. The molecule has 124 valence electrons. The van der Waals surface area contributed by atoms with E-state index in [9.17, 15) is 9.59 Å². The van der Waals surface area contributed by atoms with Gasteiger partial charge in [-0.05, 0) is 29.7 Å². The number of para-hydroxylation sites is 2. The summed E-state index contributed by atoms with van der Waals surface area (Å²) in [6, 6.07) is 15.7. The van der Waals surface area contributed by atoms with Gasteiger partial charge in [0.15, 0.2) is 0 Å². The normalized spacial score (nSPS) is 10.9. The van der Waals surface area contributed by atoms with Crippen molar-refractivity contribution in [3.05, 3.63) is 70.1 Å². The Kier molecular flexibility index (Phi) is 4.51. The Labute approximate surface area is 140 Å². The maximum Gasteiger partial charge on any atom is 0.329 e. The van der Waals surface area contributed by atoms with Crippen molar-refractivity contribution in [3.63, 3.8) is 0 Å². The van der Waals surface area contributed by atoms with E-state index in [0.29, 0.717) is 19.4 Å². The fourth-order valence-corrected chi connectivity index (χ4v) is 2.93. The average Bonchev–Trinajstić information content (AvgIpc) is 2.85. The number of aryl methyl sites for hydroxylation is 2. The van der Waals surface area contributed by atoms with E-state index in [1.165, 1.54) is 7.11 Å². The van der Waals surface area contributed by atoms with Crippen LogP contribution in [0.25, 0.3) is 11.0 Å². The molecule has 1 aromatic heterocycles. The first-order valence-corrected chi connectivity index (χ1v) is 7.89. The van der Waals surface area contributed by atoms with E-state index >= 15 is 0 Å². The monoisotopic (exact) mass is 324 g/mol. The Hall–Kier alpha value is -2.82. The maximum atomic E-state index is 12.5. The summed E-state index contributed by atoms with van der Waals surface area (Å²) < 4.78 is 8.11. The molecular formula is C19H20N2O3. The molecule has 0 fully saturated rings. The molecule has 0 saturated carbocycles. The third-order valence-corrected chi connectivity index (χ3v) is 4.23. The lowest BCUT2D eigenvalue weighted by Gasteiger charge is -2.07. The number of methoxy groups -OCH3 is 1. The lowest BCUT2D eigenvalue weighted by atomic mass is 10.1. The summed E-state index contributed by atoms with van der Waals surface area (Å²) in [7, 11) is 3.18. The van der Waals surface area contributed by atoms with Crippen LogP contribution in [0.15, 0.2) is 53.3 Å². The highest BCUT2D eigenvalue weighted by Gasteiger charge is 2.10. The highest BCUT2D eigenvalue weighted by Crippen LogP contribution is 2.15. The van der Waals surface area contributed by atoms with Crippen molar-refractivity contribution >= 4 is 17.0 Å². The summed E-state index contributed by atoms with van der Waals surface area (Å²) in [5, 5.41) is 0. The van der Waals surface area contributed by atoms with E-state index in [4.69, 9.17) is 0 Å². The summed E-state index contributed by atoms with van der Waals surface area (Å²) in [6.45, 7) is 0.506. The number of imidazole rings is 1. The van der Waals surface area contributed by atoms with Gasteiger partial charge in [-0.1, -0.05) is 36.4 Å². The molecule has 1 heterocycles. The Morgan fingerprint density at radius 3 is 2.50 bits per heavy atom. The van der Waals surface area contributed by atoms with Gasteiger partial charge >= 0.3 is 11.7 Å². The van der Waals surface area contributed by atoms with Crippen LogP contribution in [-0.4, -0.2) is 22.2 Å². The number of rotatable bonds is 5. The molecule has 3 rings (SSSR count). The van der Waals surface area contributed by atoms with Crippen molar-refractivity contribution < 1.29 is 9.53 Å². The van der Waals surface area contributed by atoms with Crippen LogP contribution in [0, 0.1) is 0 Å². The number of carbonyl (C=O) groups excluding carboxylic acids is 1. The van der Waals surface area contributed by atoms with Gasteiger partial charge in [0.1, 0.15) is 0 Å². The Bertz CT molecular complexity index is 937. The molecule has 5 heteroatoms. The van der Waals surface area contributed by atoms with Gasteiger partial charge in [0, 0.05) is 13.5 Å². The van der Waals surface area contributed by atoms with Crippen LogP contribution >= 0.6 is 0 Å². The van der Waals surface area contributed by atoms with E-state index in [1.54, 1.807) is 16.2 Å². The van der Waals surface area contributed by atoms with E-state index in [2.05, 4.69) is 4.74 Å². The van der Waals surface area contributed by atoms with E-state index < -0.39 is 0 Å². The first kappa shape index (κ1) is 16.1. The molecule has 0 saturated heterocycles. The molecule has 0 unspecified atom stereocenters. The number of hydrogen-bond donors (Lipinski definition) is 0. The lowest BCUT2D eigenvalue weighted by Crippen LogP contribution is -2.22. The fraction of sp³-hybridized carbons (Fsp3) is 0.263. The molecule has 24 heavy (non-hydrogen) atoms.